The van der Waals surface area contributed by atoms with E-state index in [1.54, 1.807) is 17.7 Å². The molecule has 0 saturated carbocycles. The largest absolute Gasteiger partial charge is 0.464 e. The number of hydrogen-bond donors (Lipinski definition) is 2. The fourth-order valence-electron chi connectivity index (χ4n) is 2.76. The van der Waals surface area contributed by atoms with Gasteiger partial charge in [-0.1, -0.05) is 45.9 Å². The van der Waals surface area contributed by atoms with Gasteiger partial charge in [-0.25, -0.2) is 9.78 Å². The Bertz CT molecular complexity index is 1060. The number of aromatic nitrogens is 2. The van der Waals surface area contributed by atoms with Crippen molar-refractivity contribution in [2.45, 2.75) is 47.8 Å². The summed E-state index contributed by atoms with van der Waals surface area (Å²) in [6.07, 6.45) is 1.98. The number of rotatable bonds is 7. The molecule has 0 atom stereocenters. The SMILES string of the molecule is CC.CCO.CO.COC(=O)c1csc(C(=O)c2cn(COC(=O)CC(C)C)c3ccccc23)n1. The maximum Gasteiger partial charge on any atom is 0.357 e. The first-order valence-corrected chi connectivity index (χ1v) is 12.1. The molecular weight excluding hydrogens is 472 g/mol. The van der Waals surface area contributed by atoms with Crippen LogP contribution < -0.4 is 0 Å². The minimum absolute atomic E-state index is 0.0185. The van der Waals surface area contributed by atoms with E-state index in [2.05, 4.69) is 9.72 Å². The number of aliphatic hydroxyl groups excluding tert-OH is 2. The number of aliphatic hydroxyl groups is 2. The molecule has 2 N–H and O–H groups in total. The average Bonchev–Trinajstić information content (AvgIpc) is 3.50. The van der Waals surface area contributed by atoms with Crippen LogP contribution in [0, 0.1) is 5.92 Å². The van der Waals surface area contributed by atoms with Crippen molar-refractivity contribution in [2.75, 3.05) is 20.8 Å². The molecule has 9 nitrogen and oxygen atoms in total. The number of carbonyl (C=O) groups is 3. The Hall–Kier alpha value is -3.08. The summed E-state index contributed by atoms with van der Waals surface area (Å²) in [6, 6.07) is 7.35. The molecular formula is C25H36N2O7S. The van der Waals surface area contributed by atoms with E-state index in [1.165, 1.54) is 12.5 Å². The molecule has 0 aliphatic heterocycles. The van der Waals surface area contributed by atoms with E-state index in [4.69, 9.17) is 14.9 Å². The van der Waals surface area contributed by atoms with Gasteiger partial charge < -0.3 is 24.3 Å². The Kier molecular flexibility index (Phi) is 15.8. The normalized spacial score (nSPS) is 9.66. The first-order valence-electron chi connectivity index (χ1n) is 11.2. The maximum atomic E-state index is 13.0. The number of benzene rings is 1. The number of esters is 2. The monoisotopic (exact) mass is 508 g/mol. The van der Waals surface area contributed by atoms with Gasteiger partial charge in [-0.3, -0.25) is 9.59 Å². The highest BCUT2D eigenvalue weighted by atomic mass is 32.1. The summed E-state index contributed by atoms with van der Waals surface area (Å²) in [5.74, 6) is -0.971. The Morgan fingerprint density at radius 2 is 1.74 bits per heavy atom. The van der Waals surface area contributed by atoms with Crippen LogP contribution in [0.5, 0.6) is 0 Å². The number of para-hydroxylation sites is 1. The van der Waals surface area contributed by atoms with E-state index in [9.17, 15) is 14.4 Å². The average molecular weight is 509 g/mol. The van der Waals surface area contributed by atoms with Crippen molar-refractivity contribution in [3.05, 3.63) is 52.1 Å². The molecule has 2 heterocycles. The molecule has 0 saturated heterocycles. The minimum atomic E-state index is -0.588. The fourth-order valence-corrected chi connectivity index (χ4v) is 3.50. The van der Waals surface area contributed by atoms with Crippen molar-refractivity contribution in [3.8, 4) is 0 Å². The summed E-state index contributed by atoms with van der Waals surface area (Å²) in [4.78, 5) is 40.5. The van der Waals surface area contributed by atoms with Gasteiger partial charge in [-0.2, -0.15) is 0 Å². The van der Waals surface area contributed by atoms with Crippen LogP contribution in [0.3, 0.4) is 0 Å². The van der Waals surface area contributed by atoms with Gasteiger partial charge >= 0.3 is 11.9 Å². The molecule has 0 amide bonds. The van der Waals surface area contributed by atoms with Crippen molar-refractivity contribution in [1.82, 2.24) is 9.55 Å². The summed E-state index contributed by atoms with van der Waals surface area (Å²) in [5.41, 5.74) is 1.30. The number of ether oxygens (including phenoxy) is 2. The van der Waals surface area contributed by atoms with Gasteiger partial charge in [-0.05, 0) is 18.9 Å². The molecule has 3 aromatic rings. The van der Waals surface area contributed by atoms with Crippen LogP contribution in [0.15, 0.2) is 35.8 Å². The Morgan fingerprint density at radius 1 is 1.14 bits per heavy atom. The standard InChI is InChI=1S/C20H20N2O5S.C2H6O.C2H6.CH4O/c1-12(2)8-17(23)27-11-22-9-14(13-6-4-5-7-16(13)22)18(24)19-21-15(10-28-19)20(25)26-3;1-2-3;2*1-2/h4-7,9-10,12H,8,11H2,1-3H3;3H,2H2,1H3;1-2H3;2H,1H3. The topological polar surface area (TPSA) is 128 Å². The minimum Gasteiger partial charge on any atom is -0.464 e. The molecule has 35 heavy (non-hydrogen) atoms. The fraction of sp³-hybridized carbons (Fsp3) is 0.440. The highest BCUT2D eigenvalue weighted by Crippen LogP contribution is 2.25. The van der Waals surface area contributed by atoms with E-state index in [0.29, 0.717) is 12.0 Å². The van der Waals surface area contributed by atoms with E-state index in [0.717, 1.165) is 29.3 Å². The first kappa shape index (κ1) is 31.9. The molecule has 0 bridgehead atoms. The summed E-state index contributed by atoms with van der Waals surface area (Å²) in [6.45, 7) is 9.84. The number of nitrogens with zero attached hydrogens (tertiary/aromatic N) is 2. The van der Waals surface area contributed by atoms with Crippen LogP contribution in [0.4, 0.5) is 0 Å². The molecule has 2 aromatic heterocycles. The molecule has 0 spiro atoms. The third-order valence-electron chi connectivity index (χ3n) is 4.07. The first-order chi connectivity index (χ1) is 16.8. The molecule has 0 radical (unpaired) electrons. The number of fused-ring (bicyclic) bond motifs is 1. The summed E-state index contributed by atoms with van der Waals surface area (Å²) in [5, 5.41) is 17.0. The third kappa shape index (κ3) is 9.59. The predicted molar refractivity (Wildman–Crippen MR) is 137 cm³/mol. The van der Waals surface area contributed by atoms with Gasteiger partial charge in [-0.15, -0.1) is 11.3 Å². The zero-order valence-corrected chi connectivity index (χ0v) is 22.2. The second-order valence-corrected chi connectivity index (χ2v) is 7.81. The molecule has 0 fully saturated rings. The Morgan fingerprint density at radius 3 is 2.31 bits per heavy atom. The van der Waals surface area contributed by atoms with Crippen LogP contribution in [0.25, 0.3) is 10.9 Å². The second-order valence-electron chi connectivity index (χ2n) is 6.95. The number of carbonyl (C=O) groups excluding carboxylic acids is 3. The number of ketones is 1. The van der Waals surface area contributed by atoms with Gasteiger partial charge in [0.05, 0.1) is 18.2 Å². The molecule has 0 aliphatic carbocycles. The van der Waals surface area contributed by atoms with Gasteiger partial charge in [0.25, 0.3) is 0 Å². The Labute approximate surface area is 210 Å². The number of thiazole rings is 1. The van der Waals surface area contributed by atoms with Crippen molar-refractivity contribution in [3.63, 3.8) is 0 Å². The van der Waals surface area contributed by atoms with E-state index in [1.807, 2.05) is 52.0 Å². The highest BCUT2D eigenvalue weighted by molar-refractivity contribution is 7.12. The van der Waals surface area contributed by atoms with Gasteiger partial charge in [0.2, 0.25) is 5.78 Å². The number of methoxy groups -OCH3 is 1. The molecule has 0 aliphatic rings. The quantitative estimate of drug-likeness (QED) is 0.357. The van der Waals surface area contributed by atoms with Gasteiger partial charge in [0.15, 0.2) is 17.4 Å². The van der Waals surface area contributed by atoms with E-state index >= 15 is 0 Å². The molecule has 3 rings (SSSR count). The molecule has 1 aromatic carbocycles. The molecule has 0 unspecified atom stereocenters. The third-order valence-corrected chi connectivity index (χ3v) is 4.91. The maximum absolute atomic E-state index is 13.0. The molecule has 194 valence electrons. The van der Waals surface area contributed by atoms with Gasteiger partial charge in [0.1, 0.15) is 0 Å². The van der Waals surface area contributed by atoms with Crippen LogP contribution >= 0.6 is 11.3 Å². The zero-order valence-electron chi connectivity index (χ0n) is 21.4. The van der Waals surface area contributed by atoms with Gasteiger partial charge in [0, 0.05) is 37.1 Å². The van der Waals surface area contributed by atoms with Crippen molar-refractivity contribution in [1.29, 1.82) is 0 Å². The van der Waals surface area contributed by atoms with Crippen LogP contribution in [0.1, 0.15) is 66.9 Å². The smallest absolute Gasteiger partial charge is 0.357 e. The summed E-state index contributed by atoms with van der Waals surface area (Å²) < 4.78 is 11.7. The molecule has 10 heteroatoms. The van der Waals surface area contributed by atoms with E-state index in [-0.39, 0.29) is 41.7 Å². The Balaban J connectivity index is 0.00000150. The lowest BCUT2D eigenvalue weighted by atomic mass is 10.1. The number of hydrogen-bond acceptors (Lipinski definition) is 9. The summed E-state index contributed by atoms with van der Waals surface area (Å²) >= 11 is 1.08. The van der Waals surface area contributed by atoms with Crippen LogP contribution in [-0.2, 0) is 21.0 Å². The lowest BCUT2D eigenvalue weighted by Gasteiger charge is -2.08. The lowest BCUT2D eigenvalue weighted by molar-refractivity contribution is -0.148. The second kappa shape index (κ2) is 17.4. The van der Waals surface area contributed by atoms with Crippen molar-refractivity contribution >= 4 is 40.0 Å². The van der Waals surface area contributed by atoms with Crippen molar-refractivity contribution < 1.29 is 34.1 Å². The predicted octanol–water partition coefficient (Wildman–Crippen LogP) is 4.30. The van der Waals surface area contributed by atoms with Crippen LogP contribution in [-0.4, -0.2) is 58.3 Å². The van der Waals surface area contributed by atoms with Crippen LogP contribution in [0.2, 0.25) is 0 Å². The lowest BCUT2D eigenvalue weighted by Crippen LogP contribution is -2.11. The highest BCUT2D eigenvalue weighted by Gasteiger charge is 2.21. The zero-order chi connectivity index (χ0) is 27.0. The van der Waals surface area contributed by atoms with Crippen molar-refractivity contribution in [2.24, 2.45) is 5.92 Å². The summed E-state index contributed by atoms with van der Waals surface area (Å²) in [7, 11) is 2.26. The van der Waals surface area contributed by atoms with E-state index < -0.39 is 5.97 Å².